The minimum atomic E-state index is -1.92. The Morgan fingerprint density at radius 3 is 2.53 bits per heavy atom. The number of nitrogen functional groups attached to an aromatic ring is 1. The molecule has 1 aliphatic heterocycles. The molecule has 1 aromatic rings. The molecule has 0 radical (unpaired) electrons. The summed E-state index contributed by atoms with van der Waals surface area (Å²) in [5.41, 5.74) is 2.02. The molecule has 1 amide bonds. The van der Waals surface area contributed by atoms with E-state index in [1.54, 1.807) is 34.6 Å². The van der Waals surface area contributed by atoms with Crippen LogP contribution in [0.5, 0.6) is 0 Å². The molecule has 1 saturated heterocycles. The van der Waals surface area contributed by atoms with Gasteiger partial charge < -0.3 is 35.5 Å². The molecule has 0 spiro atoms. The summed E-state index contributed by atoms with van der Waals surface area (Å²) in [4.78, 5) is 40.9. The van der Waals surface area contributed by atoms with Crippen LogP contribution in [0.2, 0.25) is 0 Å². The summed E-state index contributed by atoms with van der Waals surface area (Å²) in [5, 5.41) is 23.3. The Kier molecular flexibility index (Phi) is 7.53. The molecule has 180 valence electrons. The molecule has 2 rings (SSSR count). The first-order valence-electron chi connectivity index (χ1n) is 10.2. The highest BCUT2D eigenvalue weighted by molar-refractivity contribution is 5.82. The number of carbonyl (C=O) groups is 2. The number of aliphatic hydroxyl groups is 2. The lowest BCUT2D eigenvalue weighted by Gasteiger charge is -2.32. The molecule has 12 nitrogen and oxygen atoms in total. The summed E-state index contributed by atoms with van der Waals surface area (Å²) in [6.45, 7) is 9.14. The second-order valence-electron chi connectivity index (χ2n) is 9.20. The van der Waals surface area contributed by atoms with Gasteiger partial charge in [0.15, 0.2) is 12.3 Å². The van der Waals surface area contributed by atoms with E-state index in [9.17, 15) is 24.6 Å². The minimum absolute atomic E-state index is 0.0152. The maximum Gasteiger partial charge on any atom is 0.408 e. The zero-order valence-electron chi connectivity index (χ0n) is 19.1. The fourth-order valence-electron chi connectivity index (χ4n) is 3.31. The number of nitrogens with one attached hydrogen (secondary N) is 1. The van der Waals surface area contributed by atoms with E-state index in [1.165, 1.54) is 19.2 Å². The van der Waals surface area contributed by atoms with Gasteiger partial charge in [-0.1, -0.05) is 13.8 Å². The average Bonchev–Trinajstić information content (AvgIpc) is 2.88. The van der Waals surface area contributed by atoms with Gasteiger partial charge in [-0.2, -0.15) is 4.98 Å². The molecule has 0 bridgehead atoms. The predicted octanol–water partition coefficient (Wildman–Crippen LogP) is -0.0727. The van der Waals surface area contributed by atoms with Crippen LogP contribution in [0.3, 0.4) is 0 Å². The standard InChI is InChI=1S/C20H32N4O8/c1-10(2)13(23-18(28)32-19(3,4)5)15(26)31-14-11(9-25)30-16(20(14,6)29)24-8-7-12(21)22-17(24)27/h7-8,10-11,13-14,16,25,29H,9H2,1-6H3,(H,23,28)(H2,21,22,27)/t11-,13?,14+,16-,20?/m1/s1. The fraction of sp³-hybridized carbons (Fsp3) is 0.700. The molecule has 1 aliphatic rings. The molecule has 5 N–H and O–H groups in total. The van der Waals surface area contributed by atoms with Gasteiger partial charge >= 0.3 is 17.8 Å². The van der Waals surface area contributed by atoms with Gasteiger partial charge in [0.1, 0.15) is 29.2 Å². The molecule has 0 aromatic carbocycles. The predicted molar refractivity (Wildman–Crippen MR) is 112 cm³/mol. The highest BCUT2D eigenvalue weighted by atomic mass is 16.6. The number of nitrogens with zero attached hydrogens (tertiary/aromatic N) is 2. The van der Waals surface area contributed by atoms with Crippen molar-refractivity contribution in [1.29, 1.82) is 0 Å². The van der Waals surface area contributed by atoms with E-state index < -0.39 is 60.0 Å². The summed E-state index contributed by atoms with van der Waals surface area (Å²) in [6.07, 6.45) is -3.33. The van der Waals surface area contributed by atoms with Gasteiger partial charge in [-0.05, 0) is 39.7 Å². The largest absolute Gasteiger partial charge is 0.455 e. The van der Waals surface area contributed by atoms with Crippen LogP contribution in [-0.2, 0) is 19.0 Å². The van der Waals surface area contributed by atoms with Gasteiger partial charge in [0.05, 0.1) is 6.61 Å². The van der Waals surface area contributed by atoms with Crippen molar-refractivity contribution in [3.05, 3.63) is 22.7 Å². The van der Waals surface area contributed by atoms with Crippen molar-refractivity contribution >= 4 is 17.9 Å². The zero-order valence-corrected chi connectivity index (χ0v) is 19.1. The van der Waals surface area contributed by atoms with E-state index in [-0.39, 0.29) is 11.7 Å². The number of esters is 1. The van der Waals surface area contributed by atoms with Crippen LogP contribution in [0.1, 0.15) is 47.8 Å². The first-order chi connectivity index (χ1) is 14.7. The number of alkyl carbamates (subject to hydrolysis) is 1. The van der Waals surface area contributed by atoms with Gasteiger partial charge in [-0.3, -0.25) is 4.57 Å². The Morgan fingerprint density at radius 1 is 1.41 bits per heavy atom. The number of anilines is 1. The number of nitrogens with two attached hydrogens (primary N) is 1. The molecule has 1 fully saturated rings. The number of aliphatic hydroxyl groups excluding tert-OH is 1. The van der Waals surface area contributed by atoms with Gasteiger partial charge in [0.25, 0.3) is 0 Å². The van der Waals surface area contributed by atoms with Crippen LogP contribution >= 0.6 is 0 Å². The van der Waals surface area contributed by atoms with Gasteiger partial charge in [0.2, 0.25) is 0 Å². The SMILES string of the molecule is CC(C)C(NC(=O)OC(C)(C)C)C(=O)O[C@H]1[C@@H](CO)O[C@@H](n2ccc(N)nc2=O)C1(C)O. The monoisotopic (exact) mass is 456 g/mol. The highest BCUT2D eigenvalue weighted by Crippen LogP contribution is 2.39. The first-order valence-corrected chi connectivity index (χ1v) is 10.2. The molecule has 2 heterocycles. The van der Waals surface area contributed by atoms with Crippen LogP contribution in [0.4, 0.5) is 10.6 Å². The highest BCUT2D eigenvalue weighted by Gasteiger charge is 2.56. The average molecular weight is 456 g/mol. The summed E-state index contributed by atoms with van der Waals surface area (Å²) >= 11 is 0. The number of carbonyl (C=O) groups excluding carboxylic acids is 2. The van der Waals surface area contributed by atoms with Crippen molar-refractivity contribution in [3.8, 4) is 0 Å². The van der Waals surface area contributed by atoms with E-state index in [2.05, 4.69) is 10.3 Å². The van der Waals surface area contributed by atoms with Crippen molar-refractivity contribution in [1.82, 2.24) is 14.9 Å². The number of aromatic nitrogens is 2. The van der Waals surface area contributed by atoms with Crippen molar-refractivity contribution in [2.75, 3.05) is 12.3 Å². The Balaban J connectivity index is 2.25. The van der Waals surface area contributed by atoms with Crippen molar-refractivity contribution < 1.29 is 34.0 Å². The van der Waals surface area contributed by atoms with Crippen LogP contribution in [0.25, 0.3) is 0 Å². The number of hydrogen-bond donors (Lipinski definition) is 4. The number of hydrogen-bond acceptors (Lipinski definition) is 10. The van der Waals surface area contributed by atoms with E-state index in [4.69, 9.17) is 19.9 Å². The Hall–Kier alpha value is -2.70. The van der Waals surface area contributed by atoms with E-state index in [1.807, 2.05) is 0 Å². The fourth-order valence-corrected chi connectivity index (χ4v) is 3.31. The first kappa shape index (κ1) is 25.6. The maximum absolute atomic E-state index is 12.9. The van der Waals surface area contributed by atoms with Gasteiger partial charge in [0, 0.05) is 6.20 Å². The third kappa shape index (κ3) is 5.75. The smallest absolute Gasteiger partial charge is 0.408 e. The molecule has 0 saturated carbocycles. The number of rotatable bonds is 6. The Labute approximate surface area is 185 Å². The van der Waals surface area contributed by atoms with E-state index >= 15 is 0 Å². The lowest BCUT2D eigenvalue weighted by Crippen LogP contribution is -2.53. The molecule has 12 heteroatoms. The molecule has 5 atom stereocenters. The second-order valence-corrected chi connectivity index (χ2v) is 9.20. The molecular weight excluding hydrogens is 424 g/mol. The molecule has 0 aliphatic carbocycles. The topological polar surface area (TPSA) is 175 Å². The second kappa shape index (κ2) is 9.43. The lowest BCUT2D eigenvalue weighted by atomic mass is 9.95. The van der Waals surface area contributed by atoms with Gasteiger partial charge in [-0.25, -0.2) is 14.4 Å². The van der Waals surface area contributed by atoms with E-state index in [0.29, 0.717) is 0 Å². The van der Waals surface area contributed by atoms with Crippen LogP contribution in [0.15, 0.2) is 17.1 Å². The summed E-state index contributed by atoms with van der Waals surface area (Å²) in [6, 6.07) is 0.244. The van der Waals surface area contributed by atoms with Crippen molar-refractivity contribution in [3.63, 3.8) is 0 Å². The zero-order chi connectivity index (χ0) is 24.4. The van der Waals surface area contributed by atoms with Gasteiger partial charge in [-0.15, -0.1) is 0 Å². The summed E-state index contributed by atoms with van der Waals surface area (Å²) in [7, 11) is 0. The van der Waals surface area contributed by atoms with Crippen molar-refractivity contribution in [2.45, 2.75) is 77.2 Å². The lowest BCUT2D eigenvalue weighted by molar-refractivity contribution is -0.167. The Morgan fingerprint density at radius 2 is 2.03 bits per heavy atom. The normalized spacial score (nSPS) is 26.6. The van der Waals surface area contributed by atoms with E-state index in [0.717, 1.165) is 4.57 Å². The summed E-state index contributed by atoms with van der Waals surface area (Å²) < 4.78 is 17.3. The molecular formula is C20H32N4O8. The molecule has 1 aromatic heterocycles. The molecule has 32 heavy (non-hydrogen) atoms. The molecule has 2 unspecified atom stereocenters. The van der Waals surface area contributed by atoms with Crippen LogP contribution in [0, 0.1) is 5.92 Å². The third-order valence-electron chi connectivity index (χ3n) is 4.84. The quantitative estimate of drug-likeness (QED) is 0.424. The van der Waals surface area contributed by atoms with Crippen molar-refractivity contribution in [2.24, 2.45) is 5.92 Å². The minimum Gasteiger partial charge on any atom is -0.455 e. The Bertz CT molecular complexity index is 892. The van der Waals surface area contributed by atoms with Crippen LogP contribution < -0.4 is 16.7 Å². The number of amides is 1. The van der Waals surface area contributed by atoms with Crippen LogP contribution in [-0.4, -0.2) is 67.9 Å². The third-order valence-corrected chi connectivity index (χ3v) is 4.84. The summed E-state index contributed by atoms with van der Waals surface area (Å²) in [5.74, 6) is -1.25. The number of ether oxygens (including phenoxy) is 3. The maximum atomic E-state index is 12.9.